The van der Waals surface area contributed by atoms with Crippen molar-refractivity contribution in [1.29, 1.82) is 0 Å². The van der Waals surface area contributed by atoms with E-state index in [0.717, 1.165) is 10.9 Å². The molecule has 0 aliphatic rings. The molecule has 0 aromatic heterocycles. The monoisotopic (exact) mass is 225 g/mol. The number of aryl methyl sites for hydroxylation is 1. The Hall–Kier alpha value is -0.300. The van der Waals surface area contributed by atoms with E-state index in [9.17, 15) is 0 Å². The lowest BCUT2D eigenvalue weighted by molar-refractivity contribution is 0.717. The summed E-state index contributed by atoms with van der Waals surface area (Å²) in [6, 6.07) is 9.38. The van der Waals surface area contributed by atoms with Crippen LogP contribution in [0.3, 0.4) is 0 Å². The summed E-state index contributed by atoms with van der Waals surface area (Å²) in [5.41, 5.74) is 1.32. The van der Waals surface area contributed by atoms with Crippen LogP contribution >= 0.6 is 15.9 Å². The second kappa shape index (κ2) is 5.36. The van der Waals surface area contributed by atoms with Crippen LogP contribution in [0.5, 0.6) is 0 Å². The summed E-state index contributed by atoms with van der Waals surface area (Å²) >= 11 is 3.45. The van der Waals surface area contributed by atoms with Crippen molar-refractivity contribution in [2.45, 2.75) is 32.6 Å². The van der Waals surface area contributed by atoms with Crippen molar-refractivity contribution in [3.05, 3.63) is 34.3 Å². The number of unbranched alkanes of at least 4 members (excludes halogenated alkanes) is 2. The maximum absolute atomic E-state index is 3.45. The Morgan fingerprint density at radius 3 is 2.92 bits per heavy atom. The van der Waals surface area contributed by atoms with Crippen LogP contribution in [-0.2, 0) is 6.42 Å². The smallest absolute Gasteiger partial charge is 0.0178 e. The first-order valence-electron chi connectivity index (χ1n) is 4.49. The highest BCUT2D eigenvalue weighted by Crippen LogP contribution is 2.13. The Morgan fingerprint density at radius 1 is 1.42 bits per heavy atom. The van der Waals surface area contributed by atoms with Crippen LogP contribution in [0.25, 0.3) is 0 Å². The predicted octanol–water partition coefficient (Wildman–Crippen LogP) is 3.98. The Balaban J connectivity index is 2.41. The fourth-order valence-electron chi connectivity index (χ4n) is 1.19. The standard InChI is InChI=1S/C11H14Br/c1-2-3-4-6-10-7-5-8-11(12)9-10/h5,8-9H,2-4,6H2,1H3. The lowest BCUT2D eigenvalue weighted by Gasteiger charge is -1.99. The molecule has 0 saturated heterocycles. The van der Waals surface area contributed by atoms with Gasteiger partial charge in [0.25, 0.3) is 0 Å². The summed E-state index contributed by atoms with van der Waals surface area (Å²) in [7, 11) is 0. The van der Waals surface area contributed by atoms with Crippen LogP contribution in [0, 0.1) is 6.07 Å². The Kier molecular flexibility index (Phi) is 4.37. The molecule has 0 atom stereocenters. The zero-order chi connectivity index (χ0) is 8.81. The molecule has 0 amide bonds. The van der Waals surface area contributed by atoms with E-state index in [1.165, 1.54) is 24.8 Å². The van der Waals surface area contributed by atoms with E-state index in [1.807, 2.05) is 12.1 Å². The number of hydrogen-bond acceptors (Lipinski definition) is 0. The van der Waals surface area contributed by atoms with Crippen molar-refractivity contribution in [3.8, 4) is 0 Å². The van der Waals surface area contributed by atoms with E-state index >= 15 is 0 Å². The highest BCUT2D eigenvalue weighted by Gasteiger charge is 1.93. The summed E-state index contributed by atoms with van der Waals surface area (Å²) in [6.45, 7) is 2.23. The van der Waals surface area contributed by atoms with Gasteiger partial charge in [-0.2, -0.15) is 0 Å². The molecule has 0 aliphatic carbocycles. The third kappa shape index (κ3) is 3.40. The Morgan fingerprint density at radius 2 is 2.25 bits per heavy atom. The molecule has 0 bridgehead atoms. The first-order chi connectivity index (χ1) is 5.83. The van der Waals surface area contributed by atoms with E-state index in [4.69, 9.17) is 0 Å². The van der Waals surface area contributed by atoms with Crippen molar-refractivity contribution in [1.82, 2.24) is 0 Å². The largest absolute Gasteiger partial charge is 0.0654 e. The minimum Gasteiger partial charge on any atom is -0.0654 e. The van der Waals surface area contributed by atoms with Gasteiger partial charge >= 0.3 is 0 Å². The number of hydrogen-bond donors (Lipinski definition) is 0. The highest BCUT2D eigenvalue weighted by molar-refractivity contribution is 9.10. The molecule has 1 radical (unpaired) electrons. The molecular formula is C11H14Br. The van der Waals surface area contributed by atoms with Gasteiger partial charge < -0.3 is 0 Å². The number of halogens is 1. The van der Waals surface area contributed by atoms with Gasteiger partial charge in [-0.15, -0.1) is 0 Å². The van der Waals surface area contributed by atoms with Gasteiger partial charge in [0, 0.05) is 4.47 Å². The van der Waals surface area contributed by atoms with Crippen LogP contribution in [0.1, 0.15) is 31.7 Å². The maximum Gasteiger partial charge on any atom is 0.0178 e. The van der Waals surface area contributed by atoms with E-state index in [1.54, 1.807) is 0 Å². The second-order valence-electron chi connectivity index (χ2n) is 2.99. The SMILES string of the molecule is CCCCCc1[c]ccc(Br)c1. The van der Waals surface area contributed by atoms with E-state index in [-0.39, 0.29) is 0 Å². The first kappa shape index (κ1) is 9.79. The Bertz CT molecular complexity index is 230. The van der Waals surface area contributed by atoms with Crippen molar-refractivity contribution in [2.24, 2.45) is 0 Å². The van der Waals surface area contributed by atoms with Gasteiger partial charge in [-0.05, 0) is 36.6 Å². The number of benzene rings is 1. The summed E-state index contributed by atoms with van der Waals surface area (Å²) in [5, 5.41) is 0. The molecule has 0 nitrogen and oxygen atoms in total. The number of rotatable bonds is 4. The van der Waals surface area contributed by atoms with Gasteiger partial charge in [-0.25, -0.2) is 0 Å². The van der Waals surface area contributed by atoms with Crippen LogP contribution in [-0.4, -0.2) is 0 Å². The van der Waals surface area contributed by atoms with Crippen molar-refractivity contribution < 1.29 is 0 Å². The Labute approximate surface area is 83.1 Å². The molecule has 1 rings (SSSR count). The van der Waals surface area contributed by atoms with Crippen LogP contribution in [0.4, 0.5) is 0 Å². The normalized spacial score (nSPS) is 10.2. The average molecular weight is 226 g/mol. The van der Waals surface area contributed by atoms with Crippen LogP contribution < -0.4 is 0 Å². The molecular weight excluding hydrogens is 212 g/mol. The molecule has 0 heterocycles. The van der Waals surface area contributed by atoms with Crippen LogP contribution in [0.2, 0.25) is 0 Å². The topological polar surface area (TPSA) is 0 Å². The van der Waals surface area contributed by atoms with Gasteiger partial charge in [0.1, 0.15) is 0 Å². The molecule has 0 N–H and O–H groups in total. The van der Waals surface area contributed by atoms with E-state index < -0.39 is 0 Å². The zero-order valence-corrected chi connectivity index (χ0v) is 9.02. The fraction of sp³-hybridized carbons (Fsp3) is 0.455. The minimum absolute atomic E-state index is 1.16. The molecule has 1 aromatic carbocycles. The molecule has 65 valence electrons. The molecule has 0 fully saturated rings. The minimum atomic E-state index is 1.16. The zero-order valence-electron chi connectivity index (χ0n) is 7.44. The quantitative estimate of drug-likeness (QED) is 0.681. The molecule has 1 heteroatoms. The summed E-state index contributed by atoms with van der Waals surface area (Å²) in [6.07, 6.45) is 5.05. The van der Waals surface area contributed by atoms with Crippen molar-refractivity contribution >= 4 is 15.9 Å². The molecule has 0 aliphatic heterocycles. The molecule has 1 aromatic rings. The van der Waals surface area contributed by atoms with Crippen LogP contribution in [0.15, 0.2) is 22.7 Å². The summed E-state index contributed by atoms with van der Waals surface area (Å²) < 4.78 is 1.16. The third-order valence-electron chi connectivity index (χ3n) is 1.87. The first-order valence-corrected chi connectivity index (χ1v) is 5.28. The molecule has 0 unspecified atom stereocenters. The lowest BCUT2D eigenvalue weighted by atomic mass is 10.1. The fourth-order valence-corrected chi connectivity index (χ4v) is 1.60. The second-order valence-corrected chi connectivity index (χ2v) is 3.90. The van der Waals surface area contributed by atoms with Gasteiger partial charge in [0.05, 0.1) is 0 Å². The summed E-state index contributed by atoms with van der Waals surface area (Å²) in [5.74, 6) is 0. The molecule has 0 saturated carbocycles. The third-order valence-corrected chi connectivity index (χ3v) is 2.37. The van der Waals surface area contributed by atoms with Crippen molar-refractivity contribution in [2.75, 3.05) is 0 Å². The van der Waals surface area contributed by atoms with Crippen molar-refractivity contribution in [3.63, 3.8) is 0 Å². The van der Waals surface area contributed by atoms with Gasteiger partial charge in [0.2, 0.25) is 0 Å². The van der Waals surface area contributed by atoms with Gasteiger partial charge in [0.15, 0.2) is 0 Å². The summed E-state index contributed by atoms with van der Waals surface area (Å²) in [4.78, 5) is 0. The van der Waals surface area contributed by atoms with Gasteiger partial charge in [-0.3, -0.25) is 0 Å². The maximum atomic E-state index is 3.45. The van der Waals surface area contributed by atoms with E-state index in [0.29, 0.717) is 0 Å². The molecule has 12 heavy (non-hydrogen) atoms. The molecule has 0 spiro atoms. The highest BCUT2D eigenvalue weighted by atomic mass is 79.9. The predicted molar refractivity (Wildman–Crippen MR) is 56.2 cm³/mol. The lowest BCUT2D eigenvalue weighted by Crippen LogP contribution is -1.84. The van der Waals surface area contributed by atoms with E-state index in [2.05, 4.69) is 35.0 Å². The average Bonchev–Trinajstić information content (AvgIpc) is 2.05. The van der Waals surface area contributed by atoms with Gasteiger partial charge in [-0.1, -0.05) is 41.8 Å².